The van der Waals surface area contributed by atoms with Gasteiger partial charge in [0.25, 0.3) is 0 Å². The van der Waals surface area contributed by atoms with E-state index in [4.69, 9.17) is 4.74 Å². The predicted molar refractivity (Wildman–Crippen MR) is 91.7 cm³/mol. The van der Waals surface area contributed by atoms with Crippen LogP contribution in [0.1, 0.15) is 5.56 Å². The minimum atomic E-state index is -0.287. The fourth-order valence-corrected chi connectivity index (χ4v) is 2.83. The molecule has 0 aliphatic heterocycles. The van der Waals surface area contributed by atoms with Gasteiger partial charge in [0.2, 0.25) is 0 Å². The maximum absolute atomic E-state index is 13.5. The summed E-state index contributed by atoms with van der Waals surface area (Å²) in [7, 11) is 1.65. The summed E-state index contributed by atoms with van der Waals surface area (Å²) >= 11 is 0. The van der Waals surface area contributed by atoms with E-state index in [0.29, 0.717) is 17.9 Å². The Morgan fingerprint density at radius 2 is 2.04 bits per heavy atom. The van der Waals surface area contributed by atoms with Gasteiger partial charge in [0.05, 0.1) is 7.11 Å². The van der Waals surface area contributed by atoms with Gasteiger partial charge in [0, 0.05) is 23.0 Å². The maximum Gasteiger partial charge on any atom is 0.154 e. The smallest absolute Gasteiger partial charge is 0.154 e. The summed E-state index contributed by atoms with van der Waals surface area (Å²) in [4.78, 5) is 11.8. The number of aromatic nitrogens is 3. The number of hydrogen-bond acceptors (Lipinski definition) is 4. The molecule has 2 N–H and O–H groups in total. The zero-order valence-electron chi connectivity index (χ0n) is 13.0. The first-order valence-electron chi connectivity index (χ1n) is 7.54. The van der Waals surface area contributed by atoms with E-state index in [1.807, 2.05) is 24.3 Å². The van der Waals surface area contributed by atoms with Crippen molar-refractivity contribution in [1.29, 1.82) is 0 Å². The Labute approximate surface area is 137 Å². The summed E-state index contributed by atoms with van der Waals surface area (Å²) in [5.74, 6) is 1.20. The third-order valence-corrected chi connectivity index (χ3v) is 3.98. The van der Waals surface area contributed by atoms with E-state index in [2.05, 4.69) is 20.3 Å². The van der Waals surface area contributed by atoms with E-state index in [-0.39, 0.29) is 5.82 Å². The number of H-pyrrole nitrogens is 1. The van der Waals surface area contributed by atoms with Gasteiger partial charge in [-0.2, -0.15) is 0 Å². The fraction of sp³-hybridized carbons (Fsp3) is 0.111. The van der Waals surface area contributed by atoms with Crippen LogP contribution in [0.25, 0.3) is 21.9 Å². The number of methoxy groups -OCH3 is 1. The molecule has 5 nitrogen and oxygen atoms in total. The molecular weight excluding hydrogens is 307 g/mol. The van der Waals surface area contributed by atoms with Crippen molar-refractivity contribution in [2.75, 3.05) is 12.4 Å². The molecule has 0 radical (unpaired) electrons. The Balaban J connectivity index is 1.73. The van der Waals surface area contributed by atoms with Gasteiger partial charge < -0.3 is 15.0 Å². The van der Waals surface area contributed by atoms with Gasteiger partial charge in [-0.25, -0.2) is 14.4 Å². The van der Waals surface area contributed by atoms with Gasteiger partial charge in [-0.05, 0) is 24.3 Å². The van der Waals surface area contributed by atoms with E-state index in [0.717, 1.165) is 27.7 Å². The van der Waals surface area contributed by atoms with Crippen molar-refractivity contribution in [3.8, 4) is 5.75 Å². The number of para-hydroxylation sites is 1. The van der Waals surface area contributed by atoms with Gasteiger partial charge in [0.1, 0.15) is 28.9 Å². The third-order valence-electron chi connectivity index (χ3n) is 3.98. The number of aromatic amines is 1. The third kappa shape index (κ3) is 2.42. The molecule has 4 aromatic rings. The Bertz CT molecular complexity index is 1030. The number of ether oxygens (including phenoxy) is 1. The average molecular weight is 322 g/mol. The molecule has 0 atom stereocenters. The standard InChI is InChI=1S/C18H15FN4O/c1-24-15-5-3-2-4-11(15)9-20-18-17-16(21-10-22-18)13-8-12(19)6-7-14(13)23-17/h2-8,10,23H,9H2,1H3,(H,20,21,22). The summed E-state index contributed by atoms with van der Waals surface area (Å²) < 4.78 is 18.9. The minimum absolute atomic E-state index is 0.287. The van der Waals surface area contributed by atoms with Gasteiger partial charge in [-0.3, -0.25) is 0 Å². The lowest BCUT2D eigenvalue weighted by Crippen LogP contribution is -2.04. The SMILES string of the molecule is COc1ccccc1CNc1ncnc2c1[nH]c1ccc(F)cc12. The number of hydrogen-bond donors (Lipinski definition) is 2. The normalized spacial score (nSPS) is 11.1. The summed E-state index contributed by atoms with van der Waals surface area (Å²) in [6.45, 7) is 0.555. The Morgan fingerprint density at radius 1 is 1.17 bits per heavy atom. The molecule has 2 aromatic heterocycles. The molecule has 120 valence electrons. The van der Waals surface area contributed by atoms with Crippen LogP contribution in [0.4, 0.5) is 10.2 Å². The molecule has 0 bridgehead atoms. The monoisotopic (exact) mass is 322 g/mol. The minimum Gasteiger partial charge on any atom is -0.496 e. The van der Waals surface area contributed by atoms with Crippen molar-refractivity contribution in [2.24, 2.45) is 0 Å². The first-order valence-corrected chi connectivity index (χ1v) is 7.54. The number of benzene rings is 2. The number of nitrogens with zero attached hydrogens (tertiary/aromatic N) is 2. The maximum atomic E-state index is 13.5. The second-order valence-corrected chi connectivity index (χ2v) is 5.43. The molecule has 24 heavy (non-hydrogen) atoms. The molecule has 0 spiro atoms. The summed E-state index contributed by atoms with van der Waals surface area (Å²) in [5, 5.41) is 4.04. The molecule has 2 heterocycles. The van der Waals surface area contributed by atoms with Gasteiger partial charge >= 0.3 is 0 Å². The lowest BCUT2D eigenvalue weighted by molar-refractivity contribution is 0.410. The molecule has 0 unspecified atom stereocenters. The predicted octanol–water partition coefficient (Wildman–Crippen LogP) is 3.87. The van der Waals surface area contributed by atoms with E-state index < -0.39 is 0 Å². The molecule has 2 aromatic carbocycles. The highest BCUT2D eigenvalue weighted by Crippen LogP contribution is 2.28. The lowest BCUT2D eigenvalue weighted by Gasteiger charge is -2.10. The van der Waals surface area contributed by atoms with Crippen LogP contribution in [0.3, 0.4) is 0 Å². The van der Waals surface area contributed by atoms with Crippen molar-refractivity contribution >= 4 is 27.8 Å². The van der Waals surface area contributed by atoms with Crippen LogP contribution in [-0.2, 0) is 6.54 Å². The first-order chi connectivity index (χ1) is 11.8. The largest absolute Gasteiger partial charge is 0.496 e. The molecule has 0 fully saturated rings. The molecule has 4 rings (SSSR count). The van der Waals surface area contributed by atoms with Crippen LogP contribution in [0, 0.1) is 5.82 Å². The van der Waals surface area contributed by atoms with Crippen molar-refractivity contribution in [3.05, 3.63) is 60.2 Å². The van der Waals surface area contributed by atoms with Crippen molar-refractivity contribution in [3.63, 3.8) is 0 Å². The van der Waals surface area contributed by atoms with Crippen LogP contribution < -0.4 is 10.1 Å². The van der Waals surface area contributed by atoms with Crippen LogP contribution >= 0.6 is 0 Å². The highest BCUT2D eigenvalue weighted by molar-refractivity contribution is 6.07. The highest BCUT2D eigenvalue weighted by atomic mass is 19.1. The van der Waals surface area contributed by atoms with Crippen molar-refractivity contribution in [2.45, 2.75) is 6.54 Å². The molecule has 0 aliphatic carbocycles. The number of rotatable bonds is 4. The lowest BCUT2D eigenvalue weighted by atomic mass is 10.2. The van der Waals surface area contributed by atoms with Gasteiger partial charge in [0.15, 0.2) is 5.82 Å². The summed E-state index contributed by atoms with van der Waals surface area (Å²) in [6, 6.07) is 12.4. The second kappa shape index (κ2) is 5.81. The summed E-state index contributed by atoms with van der Waals surface area (Å²) in [5.41, 5.74) is 3.30. The van der Waals surface area contributed by atoms with Crippen LogP contribution in [-0.4, -0.2) is 22.1 Å². The molecule has 6 heteroatoms. The second-order valence-electron chi connectivity index (χ2n) is 5.43. The van der Waals surface area contributed by atoms with Gasteiger partial charge in [-0.1, -0.05) is 18.2 Å². The first kappa shape index (κ1) is 14.4. The van der Waals surface area contributed by atoms with E-state index >= 15 is 0 Å². The Kier molecular flexibility index (Phi) is 3.49. The van der Waals surface area contributed by atoms with Crippen LogP contribution in [0.2, 0.25) is 0 Å². The summed E-state index contributed by atoms with van der Waals surface area (Å²) in [6.07, 6.45) is 1.48. The van der Waals surface area contributed by atoms with Crippen molar-refractivity contribution < 1.29 is 9.13 Å². The Morgan fingerprint density at radius 3 is 2.92 bits per heavy atom. The molecule has 0 aliphatic rings. The molecule has 0 saturated heterocycles. The van der Waals surface area contributed by atoms with Crippen molar-refractivity contribution in [1.82, 2.24) is 15.0 Å². The number of fused-ring (bicyclic) bond motifs is 3. The van der Waals surface area contributed by atoms with E-state index in [1.165, 1.54) is 18.5 Å². The Hall–Kier alpha value is -3.15. The highest BCUT2D eigenvalue weighted by Gasteiger charge is 2.11. The van der Waals surface area contributed by atoms with Crippen LogP contribution in [0.5, 0.6) is 5.75 Å². The molecule has 0 amide bonds. The van der Waals surface area contributed by atoms with E-state index in [9.17, 15) is 4.39 Å². The average Bonchev–Trinajstić information content (AvgIpc) is 2.98. The quantitative estimate of drug-likeness (QED) is 0.599. The van der Waals surface area contributed by atoms with Crippen LogP contribution in [0.15, 0.2) is 48.8 Å². The topological polar surface area (TPSA) is 62.8 Å². The molecule has 0 saturated carbocycles. The molecular formula is C18H15FN4O. The van der Waals surface area contributed by atoms with E-state index in [1.54, 1.807) is 13.2 Å². The zero-order chi connectivity index (χ0) is 16.5. The number of halogens is 1. The zero-order valence-corrected chi connectivity index (χ0v) is 13.0. The van der Waals surface area contributed by atoms with Gasteiger partial charge in [-0.15, -0.1) is 0 Å². The number of nitrogens with one attached hydrogen (secondary N) is 2. The number of anilines is 1. The fourth-order valence-electron chi connectivity index (χ4n) is 2.83.